The quantitative estimate of drug-likeness (QED) is 0.603. The molecule has 5 nitrogen and oxygen atoms in total. The van der Waals surface area contributed by atoms with Crippen LogP contribution in [0.2, 0.25) is 10.0 Å². The fourth-order valence-corrected chi connectivity index (χ4v) is 5.01. The summed E-state index contributed by atoms with van der Waals surface area (Å²) < 4.78 is 26.9. The van der Waals surface area contributed by atoms with Gasteiger partial charge in [0.2, 0.25) is 15.9 Å². The van der Waals surface area contributed by atoms with E-state index in [1.807, 2.05) is 36.4 Å². The van der Waals surface area contributed by atoms with Crippen molar-refractivity contribution in [3.05, 3.63) is 70.7 Å². The molecule has 0 radical (unpaired) electrons. The number of anilines is 1. The third-order valence-electron chi connectivity index (χ3n) is 4.25. The number of rotatable bonds is 6. The molecule has 0 heterocycles. The van der Waals surface area contributed by atoms with Gasteiger partial charge >= 0.3 is 0 Å². The molecule has 0 aliphatic carbocycles. The van der Waals surface area contributed by atoms with Gasteiger partial charge in [0.15, 0.2) is 0 Å². The average molecular weight is 437 g/mol. The lowest BCUT2D eigenvalue weighted by molar-refractivity contribution is -0.116. The molecule has 0 aliphatic rings. The number of nitrogens with one attached hydrogen (secondary N) is 1. The summed E-state index contributed by atoms with van der Waals surface area (Å²) in [6.07, 6.45) is 0. The van der Waals surface area contributed by atoms with Crippen LogP contribution in [0.4, 0.5) is 5.69 Å². The van der Waals surface area contributed by atoms with Crippen molar-refractivity contribution in [2.45, 2.75) is 11.8 Å². The first-order valence-electron chi connectivity index (χ1n) is 8.55. The maximum Gasteiger partial charge on any atom is 0.245 e. The first kappa shape index (κ1) is 20.6. The van der Waals surface area contributed by atoms with E-state index in [-0.39, 0.29) is 28.0 Å². The molecule has 0 aromatic heterocycles. The predicted molar refractivity (Wildman–Crippen MR) is 113 cm³/mol. The number of amides is 1. The number of carbonyl (C=O) groups excluding carboxylic acids is 1. The van der Waals surface area contributed by atoms with E-state index in [4.69, 9.17) is 23.2 Å². The van der Waals surface area contributed by atoms with Crippen molar-refractivity contribution in [2.75, 3.05) is 18.4 Å². The Hall–Kier alpha value is -2.12. The Labute approximate surface area is 173 Å². The summed E-state index contributed by atoms with van der Waals surface area (Å²) in [6.45, 7) is 1.42. The van der Waals surface area contributed by atoms with Gasteiger partial charge in [0.05, 0.1) is 11.6 Å². The van der Waals surface area contributed by atoms with E-state index in [0.29, 0.717) is 5.69 Å². The zero-order valence-electron chi connectivity index (χ0n) is 15.0. The SMILES string of the molecule is CCN(CC(=O)Nc1cccc2ccccc12)S(=O)(=O)c1cc(Cl)ccc1Cl. The Morgan fingerprint density at radius 2 is 1.75 bits per heavy atom. The van der Waals surface area contributed by atoms with Crippen molar-refractivity contribution in [2.24, 2.45) is 0 Å². The molecule has 0 fully saturated rings. The van der Waals surface area contributed by atoms with Gasteiger partial charge in [-0.1, -0.05) is 66.5 Å². The number of sulfonamides is 1. The highest BCUT2D eigenvalue weighted by Crippen LogP contribution is 2.28. The van der Waals surface area contributed by atoms with Gasteiger partial charge in [-0.25, -0.2) is 8.42 Å². The van der Waals surface area contributed by atoms with E-state index >= 15 is 0 Å². The second kappa shape index (κ2) is 8.49. The van der Waals surface area contributed by atoms with Gasteiger partial charge in [0.25, 0.3) is 0 Å². The smallest absolute Gasteiger partial charge is 0.245 e. The molecule has 3 rings (SSSR count). The fraction of sp³-hybridized carbons (Fsp3) is 0.150. The van der Waals surface area contributed by atoms with Gasteiger partial charge in [-0.3, -0.25) is 4.79 Å². The topological polar surface area (TPSA) is 66.5 Å². The van der Waals surface area contributed by atoms with Crippen molar-refractivity contribution in [1.29, 1.82) is 0 Å². The van der Waals surface area contributed by atoms with Gasteiger partial charge < -0.3 is 5.32 Å². The summed E-state index contributed by atoms with van der Waals surface area (Å²) in [6, 6.07) is 17.4. The zero-order chi connectivity index (χ0) is 20.3. The molecule has 3 aromatic carbocycles. The van der Waals surface area contributed by atoms with E-state index in [9.17, 15) is 13.2 Å². The molecule has 146 valence electrons. The van der Waals surface area contributed by atoms with Crippen LogP contribution in [0.5, 0.6) is 0 Å². The molecule has 1 N–H and O–H groups in total. The van der Waals surface area contributed by atoms with Crippen molar-refractivity contribution in [1.82, 2.24) is 4.31 Å². The van der Waals surface area contributed by atoms with E-state index in [1.54, 1.807) is 13.0 Å². The van der Waals surface area contributed by atoms with Gasteiger partial charge in [-0.2, -0.15) is 4.31 Å². The Kier molecular flexibility index (Phi) is 6.25. The highest BCUT2D eigenvalue weighted by atomic mass is 35.5. The highest BCUT2D eigenvalue weighted by Gasteiger charge is 2.27. The van der Waals surface area contributed by atoms with Crippen molar-refractivity contribution in [3.8, 4) is 0 Å². The second-order valence-electron chi connectivity index (χ2n) is 6.08. The minimum Gasteiger partial charge on any atom is -0.324 e. The lowest BCUT2D eigenvalue weighted by Crippen LogP contribution is -2.38. The number of likely N-dealkylation sites (N-methyl/N-ethyl adjacent to an activating group) is 1. The fourth-order valence-electron chi connectivity index (χ4n) is 2.87. The summed E-state index contributed by atoms with van der Waals surface area (Å²) in [5.41, 5.74) is 0.623. The molecule has 0 spiro atoms. The van der Waals surface area contributed by atoms with Crippen LogP contribution in [0.15, 0.2) is 65.6 Å². The lowest BCUT2D eigenvalue weighted by Gasteiger charge is -2.21. The first-order valence-corrected chi connectivity index (χ1v) is 10.8. The molecule has 28 heavy (non-hydrogen) atoms. The van der Waals surface area contributed by atoms with Crippen molar-refractivity contribution < 1.29 is 13.2 Å². The van der Waals surface area contributed by atoms with E-state index in [2.05, 4.69) is 5.32 Å². The van der Waals surface area contributed by atoms with E-state index < -0.39 is 15.9 Å². The van der Waals surface area contributed by atoms with Gasteiger partial charge in [-0.05, 0) is 29.7 Å². The largest absolute Gasteiger partial charge is 0.324 e. The highest BCUT2D eigenvalue weighted by molar-refractivity contribution is 7.89. The zero-order valence-corrected chi connectivity index (χ0v) is 17.4. The number of hydrogen-bond acceptors (Lipinski definition) is 3. The van der Waals surface area contributed by atoms with Gasteiger partial charge in [0, 0.05) is 22.6 Å². The third-order valence-corrected chi connectivity index (χ3v) is 6.88. The number of fused-ring (bicyclic) bond motifs is 1. The number of carbonyl (C=O) groups is 1. The molecule has 0 aliphatic heterocycles. The first-order chi connectivity index (χ1) is 13.3. The molecule has 1 amide bonds. The van der Waals surface area contributed by atoms with Crippen LogP contribution in [0.1, 0.15) is 6.92 Å². The maximum absolute atomic E-state index is 12.9. The number of hydrogen-bond donors (Lipinski definition) is 1. The Morgan fingerprint density at radius 3 is 2.50 bits per heavy atom. The second-order valence-corrected chi connectivity index (χ2v) is 8.83. The summed E-state index contributed by atoms with van der Waals surface area (Å²) >= 11 is 12.0. The molecule has 0 saturated carbocycles. The number of halogens is 2. The Morgan fingerprint density at radius 1 is 1.04 bits per heavy atom. The van der Waals surface area contributed by atoms with Crippen LogP contribution in [-0.2, 0) is 14.8 Å². The average Bonchev–Trinajstić information content (AvgIpc) is 2.68. The molecular formula is C20H18Cl2N2O3S. The Balaban J connectivity index is 1.84. The number of benzene rings is 3. The monoisotopic (exact) mass is 436 g/mol. The van der Waals surface area contributed by atoms with Crippen molar-refractivity contribution in [3.63, 3.8) is 0 Å². The molecule has 0 saturated heterocycles. The van der Waals surface area contributed by atoms with Crippen molar-refractivity contribution >= 4 is 55.6 Å². The third kappa shape index (κ3) is 4.31. The minimum atomic E-state index is -3.98. The standard InChI is InChI=1S/C20H18Cl2N2O3S/c1-2-24(28(26,27)19-12-15(21)10-11-17(19)22)13-20(25)23-18-9-5-7-14-6-3-4-8-16(14)18/h3-12H,2,13H2,1H3,(H,23,25). The van der Waals surface area contributed by atoms with Crippen LogP contribution in [0.3, 0.4) is 0 Å². The van der Waals surface area contributed by atoms with Crippen LogP contribution >= 0.6 is 23.2 Å². The van der Waals surface area contributed by atoms with Crippen LogP contribution in [-0.4, -0.2) is 31.7 Å². The van der Waals surface area contributed by atoms with E-state index in [1.165, 1.54) is 18.2 Å². The minimum absolute atomic E-state index is 0.0531. The maximum atomic E-state index is 12.9. The predicted octanol–water partition coefficient (Wildman–Crippen LogP) is 4.80. The molecule has 8 heteroatoms. The molecule has 0 atom stereocenters. The van der Waals surface area contributed by atoms with Crippen LogP contribution in [0.25, 0.3) is 10.8 Å². The van der Waals surface area contributed by atoms with Gasteiger partial charge in [0.1, 0.15) is 4.90 Å². The molecule has 0 bridgehead atoms. The number of nitrogens with zero attached hydrogens (tertiary/aromatic N) is 1. The lowest BCUT2D eigenvalue weighted by atomic mass is 10.1. The summed E-state index contributed by atoms with van der Waals surface area (Å²) in [5, 5.41) is 4.95. The van der Waals surface area contributed by atoms with Crippen LogP contribution in [0, 0.1) is 0 Å². The normalized spacial score (nSPS) is 11.7. The van der Waals surface area contributed by atoms with Crippen LogP contribution < -0.4 is 5.32 Å². The van der Waals surface area contributed by atoms with E-state index in [0.717, 1.165) is 15.1 Å². The molecular weight excluding hydrogens is 419 g/mol. The molecule has 3 aromatic rings. The summed E-state index contributed by atoms with van der Waals surface area (Å²) in [5.74, 6) is -0.445. The molecule has 0 unspecified atom stereocenters. The summed E-state index contributed by atoms with van der Waals surface area (Å²) in [7, 11) is -3.98. The summed E-state index contributed by atoms with van der Waals surface area (Å²) in [4.78, 5) is 12.5. The Bertz CT molecular complexity index is 1130. The van der Waals surface area contributed by atoms with Gasteiger partial charge in [-0.15, -0.1) is 0 Å².